The van der Waals surface area contributed by atoms with Crippen LogP contribution >= 0.6 is 0 Å². The third-order valence-electron chi connectivity index (χ3n) is 13.6. The van der Waals surface area contributed by atoms with Crippen molar-refractivity contribution in [1.29, 1.82) is 0 Å². The van der Waals surface area contributed by atoms with Crippen molar-refractivity contribution < 1.29 is 34.0 Å². The molecular weight excluding hydrogens is 715 g/mol. The summed E-state index contributed by atoms with van der Waals surface area (Å²) in [6, 6.07) is 25.1. The van der Waals surface area contributed by atoms with E-state index in [1.54, 1.807) is 6.07 Å². The Bertz CT molecular complexity index is 1670. The molecule has 1 amide bonds. The summed E-state index contributed by atoms with van der Waals surface area (Å²) in [5.74, 6) is 1.28. The number of piperidine rings is 3. The average Bonchev–Trinajstić information content (AvgIpc) is 3.25. The molecule has 0 spiro atoms. The van der Waals surface area contributed by atoms with Gasteiger partial charge in [-0.25, -0.2) is 10.1 Å². The van der Waals surface area contributed by atoms with Crippen molar-refractivity contribution in [3.8, 4) is 5.75 Å². The summed E-state index contributed by atoms with van der Waals surface area (Å²) in [5, 5.41) is 24.5. The molecule has 1 saturated carbocycles. The minimum absolute atomic E-state index is 0.0933. The van der Waals surface area contributed by atoms with Crippen LogP contribution in [-0.4, -0.2) is 84.4 Å². The molecule has 310 valence electrons. The fourth-order valence-electron chi connectivity index (χ4n) is 10.4. The van der Waals surface area contributed by atoms with Gasteiger partial charge in [0.15, 0.2) is 11.9 Å². The number of rotatable bonds is 20. The number of hydrogen-bond acceptors (Lipinski definition) is 7. The van der Waals surface area contributed by atoms with Crippen molar-refractivity contribution in [2.45, 2.75) is 121 Å². The Labute approximate surface area is 341 Å². The molecule has 0 radical (unpaired) electrons. The van der Waals surface area contributed by atoms with Gasteiger partial charge in [0.2, 0.25) is 0 Å². The van der Waals surface area contributed by atoms with E-state index in [2.05, 4.69) is 64.8 Å². The van der Waals surface area contributed by atoms with Crippen molar-refractivity contribution in [3.63, 3.8) is 0 Å². The lowest BCUT2D eigenvalue weighted by Gasteiger charge is -2.52. The fraction of sp³-hybridized carbons (Fsp3) is 0.604. The molecule has 8 rings (SSSR count). The Balaban J connectivity index is 0.852. The predicted octanol–water partition coefficient (Wildman–Crippen LogP) is 9.19. The van der Waals surface area contributed by atoms with Gasteiger partial charge in [-0.1, -0.05) is 92.8 Å². The highest BCUT2D eigenvalue weighted by Gasteiger charge is 2.49. The zero-order valence-corrected chi connectivity index (χ0v) is 34.2. The quantitative estimate of drug-likeness (QED) is 0.0455. The van der Waals surface area contributed by atoms with Crippen LogP contribution in [0.3, 0.4) is 0 Å². The van der Waals surface area contributed by atoms with E-state index >= 15 is 0 Å². The first-order valence-corrected chi connectivity index (χ1v) is 22.4. The minimum atomic E-state index is -0.667. The standard InChI is InChI=1S/C48H67N3O6/c52-44(34-49-27-12-1-2-13-31-55-32-14-11-17-37-15-5-3-6-16-37)41-22-23-45(57-54)42(33-41)35-51-29-25-39(26-30-51)46(36-51)56-48(53)50-28-24-38-18-9-10-21-43(38)47(50)40-19-7-4-8-20-40/h3,5-6,9-10,15-16,18,21-23,33,39-40,44,46-47,49,52H,1-2,4,7-8,11-14,17,19-20,24-32,34-36H2/p+1/t39?,44?,46-,47-,51?/m0/s1. The second kappa shape index (κ2) is 21.0. The van der Waals surface area contributed by atoms with Crippen LogP contribution in [0, 0.1) is 11.8 Å². The van der Waals surface area contributed by atoms with Crippen molar-refractivity contribution in [2.24, 2.45) is 11.8 Å². The number of amides is 1. The van der Waals surface area contributed by atoms with Gasteiger partial charge in [-0.3, -0.25) is 0 Å². The van der Waals surface area contributed by atoms with Crippen LogP contribution in [0.25, 0.3) is 0 Å². The molecule has 1 unspecified atom stereocenters. The Hall–Kier alpha value is -3.47. The van der Waals surface area contributed by atoms with E-state index in [4.69, 9.17) is 14.4 Å². The number of unbranched alkanes of at least 4 members (excludes halogenated alkanes) is 4. The lowest BCUT2D eigenvalue weighted by molar-refractivity contribution is -0.958. The Morgan fingerprint density at radius 3 is 2.40 bits per heavy atom. The highest BCUT2D eigenvalue weighted by molar-refractivity contribution is 5.69. The van der Waals surface area contributed by atoms with Gasteiger partial charge >= 0.3 is 6.09 Å². The SMILES string of the molecule is O=C(O[C@H]1C[N+]2(Cc3cc(C(O)CNCCCCCCOCCCCc4ccccc4)ccc3OO)CCC1CC2)N1CCc2ccccc2[C@@H]1C1CCCCC1. The van der Waals surface area contributed by atoms with Crippen LogP contribution in [-0.2, 0) is 28.9 Å². The van der Waals surface area contributed by atoms with Crippen LogP contribution in [0.1, 0.15) is 123 Å². The summed E-state index contributed by atoms with van der Waals surface area (Å²) < 4.78 is 13.2. The number of carbonyl (C=O) groups excluding carboxylic acids is 1. The first-order chi connectivity index (χ1) is 28.0. The number of aliphatic hydroxyl groups excluding tert-OH is 1. The monoisotopic (exact) mass is 783 g/mol. The maximum absolute atomic E-state index is 14.2. The molecule has 1 aliphatic carbocycles. The maximum Gasteiger partial charge on any atom is 0.410 e. The van der Waals surface area contributed by atoms with Crippen molar-refractivity contribution in [2.75, 3.05) is 52.5 Å². The highest BCUT2D eigenvalue weighted by atomic mass is 17.1. The van der Waals surface area contributed by atoms with Crippen molar-refractivity contribution >= 4 is 6.09 Å². The molecule has 5 aliphatic rings. The van der Waals surface area contributed by atoms with Gasteiger partial charge in [0.05, 0.1) is 30.8 Å². The molecule has 3 N–H and O–H groups in total. The summed E-state index contributed by atoms with van der Waals surface area (Å²) in [7, 11) is 0. The summed E-state index contributed by atoms with van der Waals surface area (Å²) in [6.07, 6.45) is 15.8. The number of nitrogens with zero attached hydrogens (tertiary/aromatic N) is 2. The predicted molar refractivity (Wildman–Crippen MR) is 224 cm³/mol. The molecule has 3 saturated heterocycles. The third kappa shape index (κ3) is 11.2. The first-order valence-electron chi connectivity index (χ1n) is 22.4. The molecule has 2 bridgehead atoms. The van der Waals surface area contributed by atoms with E-state index in [-0.39, 0.29) is 18.2 Å². The first kappa shape index (κ1) is 41.7. The number of ether oxygens (including phenoxy) is 2. The van der Waals surface area contributed by atoms with Gasteiger partial charge in [-0.15, -0.1) is 0 Å². The van der Waals surface area contributed by atoms with Crippen LogP contribution in [0.2, 0.25) is 0 Å². The number of aryl methyl sites for hydroxylation is 1. The lowest BCUT2D eigenvalue weighted by Crippen LogP contribution is -2.64. The average molecular weight is 783 g/mol. The lowest BCUT2D eigenvalue weighted by atomic mass is 9.77. The molecule has 3 atom stereocenters. The number of fused-ring (bicyclic) bond motifs is 4. The van der Waals surface area contributed by atoms with Crippen LogP contribution < -0.4 is 10.2 Å². The zero-order chi connectivity index (χ0) is 39.3. The normalized spacial score (nSPS) is 23.9. The van der Waals surface area contributed by atoms with Crippen LogP contribution in [0.15, 0.2) is 72.8 Å². The van der Waals surface area contributed by atoms with Crippen molar-refractivity contribution in [3.05, 3.63) is 101 Å². The Morgan fingerprint density at radius 2 is 1.60 bits per heavy atom. The summed E-state index contributed by atoms with van der Waals surface area (Å²) in [4.78, 5) is 21.1. The molecular formula is C48H68N3O6+. The zero-order valence-electron chi connectivity index (χ0n) is 34.2. The number of aliphatic hydroxyl groups is 1. The van der Waals surface area contributed by atoms with Crippen LogP contribution in [0.4, 0.5) is 4.79 Å². The van der Waals surface area contributed by atoms with E-state index in [0.717, 1.165) is 119 Å². The molecule has 57 heavy (non-hydrogen) atoms. The minimum Gasteiger partial charge on any atom is -0.440 e. The number of carbonyl (C=O) groups is 1. The fourth-order valence-corrected chi connectivity index (χ4v) is 10.4. The molecule has 4 aliphatic heterocycles. The van der Waals surface area contributed by atoms with Gasteiger partial charge in [-0.2, -0.15) is 0 Å². The van der Waals surface area contributed by atoms with Crippen LogP contribution in [0.5, 0.6) is 5.75 Å². The summed E-state index contributed by atoms with van der Waals surface area (Å²) in [5.41, 5.74) is 5.78. The molecule has 3 aromatic carbocycles. The van der Waals surface area contributed by atoms with E-state index in [0.29, 0.717) is 37.2 Å². The van der Waals surface area contributed by atoms with Gasteiger partial charge in [-0.05, 0) is 98.2 Å². The molecule has 0 aromatic heterocycles. The Morgan fingerprint density at radius 1 is 0.842 bits per heavy atom. The third-order valence-corrected chi connectivity index (χ3v) is 13.6. The molecule has 3 aromatic rings. The van der Waals surface area contributed by atoms with E-state index in [1.165, 1.54) is 48.8 Å². The number of quaternary nitrogens is 1. The topological polar surface area (TPSA) is 100 Å². The van der Waals surface area contributed by atoms with Gasteiger partial charge in [0, 0.05) is 45.1 Å². The maximum atomic E-state index is 14.2. The van der Waals surface area contributed by atoms with E-state index < -0.39 is 6.10 Å². The smallest absolute Gasteiger partial charge is 0.410 e. The molecule has 4 heterocycles. The van der Waals surface area contributed by atoms with Gasteiger partial charge in [0.25, 0.3) is 0 Å². The molecule has 9 nitrogen and oxygen atoms in total. The Kier molecular flexibility index (Phi) is 15.3. The second-order valence-electron chi connectivity index (χ2n) is 17.5. The molecule has 4 fully saturated rings. The van der Waals surface area contributed by atoms with Crippen molar-refractivity contribution in [1.82, 2.24) is 10.2 Å². The number of benzene rings is 3. The van der Waals surface area contributed by atoms with Gasteiger partial charge in [0.1, 0.15) is 13.1 Å². The van der Waals surface area contributed by atoms with E-state index in [1.807, 2.05) is 12.1 Å². The summed E-state index contributed by atoms with van der Waals surface area (Å²) in [6.45, 7) is 7.11. The highest BCUT2D eigenvalue weighted by Crippen LogP contribution is 2.44. The summed E-state index contributed by atoms with van der Waals surface area (Å²) >= 11 is 0. The molecule has 9 heteroatoms. The van der Waals surface area contributed by atoms with Gasteiger partial charge < -0.3 is 34.2 Å². The largest absolute Gasteiger partial charge is 0.440 e. The number of hydrogen-bond donors (Lipinski definition) is 3. The van der Waals surface area contributed by atoms with E-state index in [9.17, 15) is 15.2 Å². The number of nitrogens with one attached hydrogen (secondary N) is 1. The second-order valence-corrected chi connectivity index (χ2v) is 17.5.